The highest BCUT2D eigenvalue weighted by Gasteiger charge is 2.23. The van der Waals surface area contributed by atoms with Crippen LogP contribution in [0.5, 0.6) is 5.75 Å². The zero-order chi connectivity index (χ0) is 16.1. The Morgan fingerprint density at radius 3 is 2.74 bits per heavy atom. The van der Waals surface area contributed by atoms with Gasteiger partial charge in [0.25, 0.3) is 5.91 Å². The molecule has 0 saturated carbocycles. The molecule has 0 aliphatic carbocycles. The third-order valence-electron chi connectivity index (χ3n) is 3.71. The van der Waals surface area contributed by atoms with Crippen molar-refractivity contribution in [1.82, 2.24) is 0 Å². The maximum Gasteiger partial charge on any atom is 0.255 e. The molecule has 3 rings (SSSR count). The summed E-state index contributed by atoms with van der Waals surface area (Å²) in [6.07, 6.45) is 2.04. The maximum atomic E-state index is 12.5. The summed E-state index contributed by atoms with van der Waals surface area (Å²) < 4.78 is 10.9. The fourth-order valence-corrected chi connectivity index (χ4v) is 2.43. The number of anilines is 1. The van der Waals surface area contributed by atoms with E-state index in [1.165, 1.54) is 0 Å². The number of hydrogen-bond donors (Lipinski definition) is 1. The Balaban J connectivity index is 1.74. The highest BCUT2D eigenvalue weighted by Crippen LogP contribution is 2.22. The fourth-order valence-electron chi connectivity index (χ4n) is 2.43. The molecule has 1 N–H and O–H groups in total. The van der Waals surface area contributed by atoms with Gasteiger partial charge >= 0.3 is 0 Å². The summed E-state index contributed by atoms with van der Waals surface area (Å²) in [4.78, 5) is 12.5. The van der Waals surface area contributed by atoms with Crippen LogP contribution in [-0.2, 0) is 11.2 Å². The lowest BCUT2D eigenvalue weighted by molar-refractivity contribution is 0.102. The average Bonchev–Trinajstić information content (AvgIpc) is 3.39. The van der Waals surface area contributed by atoms with E-state index in [0.717, 1.165) is 36.4 Å². The van der Waals surface area contributed by atoms with E-state index < -0.39 is 0 Å². The van der Waals surface area contributed by atoms with E-state index in [0.29, 0.717) is 12.2 Å². The molecule has 4 nitrogen and oxygen atoms in total. The summed E-state index contributed by atoms with van der Waals surface area (Å²) in [6.45, 7) is 3.45. The first-order chi connectivity index (χ1) is 11.3. The third-order valence-corrected chi connectivity index (χ3v) is 3.71. The second kappa shape index (κ2) is 7.29. The van der Waals surface area contributed by atoms with Gasteiger partial charge in [0.2, 0.25) is 0 Å². The molecule has 0 bridgehead atoms. The molecule has 0 radical (unpaired) electrons. The van der Waals surface area contributed by atoms with E-state index in [2.05, 4.69) is 12.2 Å². The molecule has 4 heteroatoms. The Morgan fingerprint density at radius 1 is 1.26 bits per heavy atom. The summed E-state index contributed by atoms with van der Waals surface area (Å²) in [7, 11) is 0. The van der Waals surface area contributed by atoms with Gasteiger partial charge in [0.1, 0.15) is 18.5 Å². The first-order valence-corrected chi connectivity index (χ1v) is 8.00. The maximum absolute atomic E-state index is 12.5. The van der Waals surface area contributed by atoms with Crippen LogP contribution in [0.1, 0.15) is 29.3 Å². The van der Waals surface area contributed by atoms with Gasteiger partial charge in [-0.05, 0) is 42.3 Å². The molecule has 1 amide bonds. The van der Waals surface area contributed by atoms with E-state index in [1.807, 2.05) is 48.5 Å². The molecule has 0 aromatic heterocycles. The quantitative estimate of drug-likeness (QED) is 0.794. The molecule has 1 fully saturated rings. The minimum atomic E-state index is -0.0864. The Kier molecular flexibility index (Phi) is 4.93. The summed E-state index contributed by atoms with van der Waals surface area (Å²) in [5.41, 5.74) is 2.51. The molecule has 1 saturated heterocycles. The Hall–Kier alpha value is -2.33. The highest BCUT2D eigenvalue weighted by atomic mass is 16.6. The molecular weight excluding hydrogens is 290 g/mol. The largest absolute Gasteiger partial charge is 0.491 e. The summed E-state index contributed by atoms with van der Waals surface area (Å²) in [6, 6.07) is 15.1. The number of nitrogens with one attached hydrogen (secondary N) is 1. The van der Waals surface area contributed by atoms with Crippen molar-refractivity contribution in [3.05, 3.63) is 59.7 Å². The van der Waals surface area contributed by atoms with Gasteiger partial charge in [0.05, 0.1) is 6.61 Å². The van der Waals surface area contributed by atoms with Crippen molar-refractivity contribution in [2.45, 2.75) is 25.9 Å². The number of hydrogen-bond acceptors (Lipinski definition) is 3. The van der Waals surface area contributed by atoms with Gasteiger partial charge in [0.15, 0.2) is 0 Å². The van der Waals surface area contributed by atoms with Crippen molar-refractivity contribution in [3.63, 3.8) is 0 Å². The van der Waals surface area contributed by atoms with Crippen molar-refractivity contribution in [1.29, 1.82) is 0 Å². The minimum absolute atomic E-state index is 0.0864. The van der Waals surface area contributed by atoms with Crippen LogP contribution in [-0.4, -0.2) is 25.2 Å². The Morgan fingerprint density at radius 2 is 2.04 bits per heavy atom. The van der Waals surface area contributed by atoms with Crippen LogP contribution in [0, 0.1) is 0 Å². The average molecular weight is 311 g/mol. The van der Waals surface area contributed by atoms with Crippen molar-refractivity contribution in [2.75, 3.05) is 18.5 Å². The molecule has 2 aromatic carbocycles. The molecule has 1 aliphatic rings. The normalized spacial score (nSPS) is 16.0. The number of aryl methyl sites for hydroxylation is 1. The van der Waals surface area contributed by atoms with Crippen LogP contribution in [0.3, 0.4) is 0 Å². The van der Waals surface area contributed by atoms with Gasteiger partial charge in [0, 0.05) is 11.3 Å². The number of carbonyl (C=O) groups excluding carboxylic acids is 1. The number of epoxide rings is 1. The summed E-state index contributed by atoms with van der Waals surface area (Å²) >= 11 is 0. The molecule has 2 aromatic rings. The highest BCUT2D eigenvalue weighted by molar-refractivity contribution is 6.05. The third kappa shape index (κ3) is 4.33. The minimum Gasteiger partial charge on any atom is -0.491 e. The first kappa shape index (κ1) is 15.6. The van der Waals surface area contributed by atoms with Crippen LogP contribution >= 0.6 is 0 Å². The molecule has 0 spiro atoms. The van der Waals surface area contributed by atoms with Crippen molar-refractivity contribution < 1.29 is 14.3 Å². The molecule has 120 valence electrons. The number of ether oxygens (including phenoxy) is 2. The zero-order valence-corrected chi connectivity index (χ0v) is 13.2. The van der Waals surface area contributed by atoms with E-state index >= 15 is 0 Å². The summed E-state index contributed by atoms with van der Waals surface area (Å²) in [5, 5.41) is 2.94. The van der Waals surface area contributed by atoms with Gasteiger partial charge in [-0.1, -0.05) is 31.5 Å². The van der Waals surface area contributed by atoms with E-state index in [4.69, 9.17) is 9.47 Å². The van der Waals surface area contributed by atoms with Crippen LogP contribution in [0.4, 0.5) is 5.69 Å². The zero-order valence-electron chi connectivity index (χ0n) is 13.2. The van der Waals surface area contributed by atoms with Gasteiger partial charge in [-0.25, -0.2) is 0 Å². The van der Waals surface area contributed by atoms with Crippen LogP contribution in [0.15, 0.2) is 48.5 Å². The molecule has 1 atom stereocenters. The molecular formula is C19H21NO3. The second-order valence-electron chi connectivity index (χ2n) is 5.66. The number of carbonyl (C=O) groups is 1. The number of para-hydroxylation sites is 1. The molecule has 23 heavy (non-hydrogen) atoms. The Labute approximate surface area is 136 Å². The van der Waals surface area contributed by atoms with Gasteiger partial charge in [-0.2, -0.15) is 0 Å². The monoisotopic (exact) mass is 311 g/mol. The predicted octanol–water partition coefficient (Wildman–Crippen LogP) is 3.67. The molecule has 1 aliphatic heterocycles. The number of rotatable bonds is 7. The standard InChI is InChI=1S/C19H21NO3/c1-2-6-14-11-16(22-12-17-13-23-17)9-10-18(14)19(21)20-15-7-4-3-5-8-15/h3-5,7-11,17H,2,6,12-13H2,1H3,(H,20,21). The topological polar surface area (TPSA) is 50.9 Å². The lowest BCUT2D eigenvalue weighted by atomic mass is 10.0. The fraction of sp³-hybridized carbons (Fsp3) is 0.316. The smallest absolute Gasteiger partial charge is 0.255 e. The summed E-state index contributed by atoms with van der Waals surface area (Å²) in [5.74, 6) is 0.705. The number of amides is 1. The second-order valence-corrected chi connectivity index (χ2v) is 5.66. The van der Waals surface area contributed by atoms with Crippen LogP contribution < -0.4 is 10.1 Å². The van der Waals surface area contributed by atoms with Crippen LogP contribution in [0.25, 0.3) is 0 Å². The van der Waals surface area contributed by atoms with Gasteiger partial charge in [-0.15, -0.1) is 0 Å². The first-order valence-electron chi connectivity index (χ1n) is 8.00. The van der Waals surface area contributed by atoms with Crippen molar-refractivity contribution in [2.24, 2.45) is 0 Å². The van der Waals surface area contributed by atoms with E-state index in [-0.39, 0.29) is 12.0 Å². The number of benzene rings is 2. The van der Waals surface area contributed by atoms with Gasteiger partial charge < -0.3 is 14.8 Å². The van der Waals surface area contributed by atoms with Crippen molar-refractivity contribution >= 4 is 11.6 Å². The predicted molar refractivity (Wildman–Crippen MR) is 90.1 cm³/mol. The van der Waals surface area contributed by atoms with Crippen molar-refractivity contribution in [3.8, 4) is 5.75 Å². The SMILES string of the molecule is CCCc1cc(OCC2CO2)ccc1C(=O)Nc1ccccc1. The molecule has 1 heterocycles. The lowest BCUT2D eigenvalue weighted by Gasteiger charge is -2.12. The Bertz CT molecular complexity index is 666. The van der Waals surface area contributed by atoms with Gasteiger partial charge in [-0.3, -0.25) is 4.79 Å². The van der Waals surface area contributed by atoms with E-state index in [9.17, 15) is 4.79 Å². The van der Waals surface area contributed by atoms with E-state index in [1.54, 1.807) is 0 Å². The molecule has 1 unspecified atom stereocenters. The van der Waals surface area contributed by atoms with Crippen LogP contribution in [0.2, 0.25) is 0 Å². The lowest BCUT2D eigenvalue weighted by Crippen LogP contribution is -2.14.